The molecular formula is C14H13NO4S2. The molecule has 1 aromatic carbocycles. The van der Waals surface area contributed by atoms with Crippen molar-refractivity contribution in [1.82, 2.24) is 4.90 Å². The van der Waals surface area contributed by atoms with E-state index in [9.17, 15) is 9.59 Å². The SMILES string of the molecule is COc1ccc(/C=C2/SC(=S)N(CC(=O)O)C2=O)cc1C. The second-order valence-electron chi connectivity index (χ2n) is 4.39. The van der Waals surface area contributed by atoms with Crippen LogP contribution in [0.4, 0.5) is 0 Å². The number of hydrogen-bond donors (Lipinski definition) is 1. The van der Waals surface area contributed by atoms with E-state index >= 15 is 0 Å². The Morgan fingerprint density at radius 1 is 1.52 bits per heavy atom. The first kappa shape index (κ1) is 15.5. The summed E-state index contributed by atoms with van der Waals surface area (Å²) in [6.07, 6.45) is 1.70. The summed E-state index contributed by atoms with van der Waals surface area (Å²) < 4.78 is 5.44. The molecule has 2 rings (SSSR count). The van der Waals surface area contributed by atoms with Gasteiger partial charge in [0.2, 0.25) is 0 Å². The smallest absolute Gasteiger partial charge is 0.323 e. The molecule has 1 aromatic rings. The highest BCUT2D eigenvalue weighted by Gasteiger charge is 2.33. The molecule has 0 spiro atoms. The molecule has 1 fully saturated rings. The van der Waals surface area contributed by atoms with Gasteiger partial charge in [-0.2, -0.15) is 0 Å². The topological polar surface area (TPSA) is 66.8 Å². The predicted octanol–water partition coefficient (Wildman–Crippen LogP) is 2.29. The molecular weight excluding hydrogens is 310 g/mol. The lowest BCUT2D eigenvalue weighted by Gasteiger charge is -2.10. The number of aliphatic carboxylic acids is 1. The first-order valence-electron chi connectivity index (χ1n) is 6.04. The average Bonchev–Trinajstić information content (AvgIpc) is 2.66. The summed E-state index contributed by atoms with van der Waals surface area (Å²) >= 11 is 6.15. The molecule has 0 saturated carbocycles. The van der Waals surface area contributed by atoms with Crippen molar-refractivity contribution in [3.05, 3.63) is 34.2 Å². The van der Waals surface area contributed by atoms with Crippen molar-refractivity contribution < 1.29 is 19.4 Å². The Kier molecular flexibility index (Phi) is 4.64. The summed E-state index contributed by atoms with van der Waals surface area (Å²) in [7, 11) is 1.60. The van der Waals surface area contributed by atoms with Crippen LogP contribution in [0.3, 0.4) is 0 Å². The number of carbonyl (C=O) groups excluding carboxylic acids is 1. The maximum absolute atomic E-state index is 12.1. The number of thioether (sulfide) groups is 1. The van der Waals surface area contributed by atoms with E-state index in [4.69, 9.17) is 22.1 Å². The number of methoxy groups -OCH3 is 1. The zero-order valence-corrected chi connectivity index (χ0v) is 13.1. The Balaban J connectivity index is 2.26. The monoisotopic (exact) mass is 323 g/mol. The van der Waals surface area contributed by atoms with Gasteiger partial charge in [-0.3, -0.25) is 14.5 Å². The van der Waals surface area contributed by atoms with Crippen LogP contribution < -0.4 is 4.74 Å². The van der Waals surface area contributed by atoms with Crippen molar-refractivity contribution in [1.29, 1.82) is 0 Å². The predicted molar refractivity (Wildman–Crippen MR) is 85.2 cm³/mol. The summed E-state index contributed by atoms with van der Waals surface area (Å²) in [5, 5.41) is 8.78. The quantitative estimate of drug-likeness (QED) is 0.677. The first-order chi connectivity index (χ1) is 9.92. The van der Waals surface area contributed by atoms with E-state index < -0.39 is 12.5 Å². The highest BCUT2D eigenvalue weighted by molar-refractivity contribution is 8.26. The standard InChI is InChI=1S/C14H13NO4S2/c1-8-5-9(3-4-10(8)19-2)6-11-13(18)15(7-12(16)17)14(20)21-11/h3-6H,7H2,1-2H3,(H,16,17)/b11-6+. The Labute approximate surface area is 131 Å². The molecule has 1 amide bonds. The summed E-state index contributed by atoms with van der Waals surface area (Å²) in [6, 6.07) is 5.54. The molecule has 1 aliphatic rings. The fourth-order valence-electron chi connectivity index (χ4n) is 1.91. The van der Waals surface area contributed by atoms with Gasteiger partial charge in [-0.05, 0) is 36.3 Å². The largest absolute Gasteiger partial charge is 0.496 e. The van der Waals surface area contributed by atoms with Crippen molar-refractivity contribution in [2.75, 3.05) is 13.7 Å². The van der Waals surface area contributed by atoms with Crippen molar-refractivity contribution in [2.24, 2.45) is 0 Å². The number of carbonyl (C=O) groups is 2. The Bertz CT molecular complexity index is 654. The van der Waals surface area contributed by atoms with Gasteiger partial charge in [-0.25, -0.2) is 0 Å². The molecule has 1 heterocycles. The van der Waals surface area contributed by atoms with Crippen LogP contribution in [0.2, 0.25) is 0 Å². The van der Waals surface area contributed by atoms with Crippen LogP contribution in [0.15, 0.2) is 23.1 Å². The molecule has 0 bridgehead atoms. The van der Waals surface area contributed by atoms with Crippen LogP contribution in [0.5, 0.6) is 5.75 Å². The van der Waals surface area contributed by atoms with Crippen LogP contribution >= 0.6 is 24.0 Å². The van der Waals surface area contributed by atoms with Crippen molar-refractivity contribution in [3.8, 4) is 5.75 Å². The third-order valence-corrected chi connectivity index (χ3v) is 4.26. The Morgan fingerprint density at radius 2 is 2.24 bits per heavy atom. The lowest BCUT2D eigenvalue weighted by atomic mass is 10.1. The highest BCUT2D eigenvalue weighted by Crippen LogP contribution is 2.32. The van der Waals surface area contributed by atoms with Crippen LogP contribution in [0.25, 0.3) is 6.08 Å². The summed E-state index contributed by atoms with van der Waals surface area (Å²) in [5.41, 5.74) is 1.79. The van der Waals surface area contributed by atoms with Crippen LogP contribution in [0.1, 0.15) is 11.1 Å². The Morgan fingerprint density at radius 3 is 2.81 bits per heavy atom. The number of nitrogens with zero attached hydrogens (tertiary/aromatic N) is 1. The molecule has 0 aliphatic carbocycles. The molecule has 5 nitrogen and oxygen atoms in total. The van der Waals surface area contributed by atoms with Crippen molar-refractivity contribution >= 4 is 46.3 Å². The van der Waals surface area contributed by atoms with Crippen LogP contribution in [-0.2, 0) is 9.59 Å². The van der Waals surface area contributed by atoms with Gasteiger partial charge in [0.25, 0.3) is 5.91 Å². The lowest BCUT2D eigenvalue weighted by Crippen LogP contribution is -2.33. The molecule has 1 N–H and O–H groups in total. The van der Waals surface area contributed by atoms with E-state index in [0.717, 1.165) is 33.5 Å². The highest BCUT2D eigenvalue weighted by atomic mass is 32.2. The second-order valence-corrected chi connectivity index (χ2v) is 6.07. The molecule has 7 heteroatoms. The average molecular weight is 323 g/mol. The second kappa shape index (κ2) is 6.28. The zero-order chi connectivity index (χ0) is 15.6. The number of ether oxygens (including phenoxy) is 1. The number of carboxylic acid groups (broad SMARTS) is 1. The van der Waals surface area contributed by atoms with E-state index in [1.54, 1.807) is 13.2 Å². The van der Waals surface area contributed by atoms with E-state index in [0.29, 0.717) is 4.91 Å². The minimum Gasteiger partial charge on any atom is -0.496 e. The summed E-state index contributed by atoms with van der Waals surface area (Å²) in [6.45, 7) is 1.50. The molecule has 21 heavy (non-hydrogen) atoms. The third-order valence-electron chi connectivity index (χ3n) is 2.88. The molecule has 0 aromatic heterocycles. The maximum Gasteiger partial charge on any atom is 0.323 e. The summed E-state index contributed by atoms with van der Waals surface area (Å²) in [4.78, 5) is 24.4. The van der Waals surface area contributed by atoms with E-state index in [-0.39, 0.29) is 10.2 Å². The third kappa shape index (κ3) is 3.43. The number of amides is 1. The Hall–Kier alpha value is -1.86. The number of thiocarbonyl (C=S) groups is 1. The molecule has 0 atom stereocenters. The molecule has 0 unspecified atom stereocenters. The number of rotatable bonds is 4. The van der Waals surface area contributed by atoms with E-state index in [1.807, 2.05) is 25.1 Å². The van der Waals surface area contributed by atoms with Crippen LogP contribution in [-0.4, -0.2) is 39.9 Å². The van der Waals surface area contributed by atoms with Gasteiger partial charge in [0.05, 0.1) is 12.0 Å². The first-order valence-corrected chi connectivity index (χ1v) is 7.26. The number of benzene rings is 1. The molecule has 0 radical (unpaired) electrons. The van der Waals surface area contributed by atoms with Gasteiger partial charge in [-0.15, -0.1) is 0 Å². The maximum atomic E-state index is 12.1. The number of hydrogen-bond acceptors (Lipinski definition) is 5. The van der Waals surface area contributed by atoms with E-state index in [1.165, 1.54) is 0 Å². The van der Waals surface area contributed by atoms with Gasteiger partial charge < -0.3 is 9.84 Å². The summed E-state index contributed by atoms with van der Waals surface area (Å²) in [5.74, 6) is -0.695. The molecule has 1 saturated heterocycles. The zero-order valence-electron chi connectivity index (χ0n) is 11.5. The molecule has 110 valence electrons. The van der Waals surface area contributed by atoms with Gasteiger partial charge in [0.15, 0.2) is 0 Å². The minimum absolute atomic E-state index is 0.263. The van der Waals surface area contributed by atoms with E-state index in [2.05, 4.69) is 0 Å². The number of aryl methyl sites for hydroxylation is 1. The van der Waals surface area contributed by atoms with Crippen molar-refractivity contribution in [3.63, 3.8) is 0 Å². The van der Waals surface area contributed by atoms with Crippen molar-refractivity contribution in [2.45, 2.75) is 6.92 Å². The van der Waals surface area contributed by atoms with Gasteiger partial charge in [-0.1, -0.05) is 30.0 Å². The van der Waals surface area contributed by atoms with Gasteiger partial charge in [0.1, 0.15) is 16.6 Å². The van der Waals surface area contributed by atoms with Gasteiger partial charge in [0, 0.05) is 0 Å². The van der Waals surface area contributed by atoms with Gasteiger partial charge >= 0.3 is 5.97 Å². The lowest BCUT2D eigenvalue weighted by molar-refractivity contribution is -0.140. The van der Waals surface area contributed by atoms with Crippen LogP contribution in [0, 0.1) is 6.92 Å². The number of carboxylic acids is 1. The molecule has 1 aliphatic heterocycles. The minimum atomic E-state index is -1.09. The fraction of sp³-hybridized carbons (Fsp3) is 0.214. The normalized spacial score (nSPS) is 16.7. The fourth-order valence-corrected chi connectivity index (χ4v) is 3.17.